The summed E-state index contributed by atoms with van der Waals surface area (Å²) in [6, 6.07) is 15.2. The molecule has 0 radical (unpaired) electrons. The van der Waals surface area contributed by atoms with Crippen molar-refractivity contribution in [3.63, 3.8) is 0 Å². The third kappa shape index (κ3) is 3.79. The number of urea groups is 1. The molecule has 1 saturated carbocycles. The lowest BCUT2D eigenvalue weighted by Gasteiger charge is -2.19. The highest BCUT2D eigenvalue weighted by atomic mass is 16.5. The van der Waals surface area contributed by atoms with Gasteiger partial charge in [0.25, 0.3) is 0 Å². The fourth-order valence-corrected chi connectivity index (χ4v) is 2.79. The Morgan fingerprint density at radius 2 is 1.75 bits per heavy atom. The van der Waals surface area contributed by atoms with Crippen molar-refractivity contribution >= 4 is 11.7 Å². The van der Waals surface area contributed by atoms with E-state index in [0.29, 0.717) is 23.1 Å². The molecule has 2 amide bonds. The summed E-state index contributed by atoms with van der Waals surface area (Å²) in [5, 5.41) is 5.95. The first-order valence-electron chi connectivity index (χ1n) is 8.05. The number of carbonyl (C=O) groups is 1. The van der Waals surface area contributed by atoms with E-state index in [2.05, 4.69) is 22.8 Å². The predicted octanol–water partition coefficient (Wildman–Crippen LogP) is 3.98. The second kappa shape index (κ2) is 7.25. The third-order valence-corrected chi connectivity index (χ3v) is 4.18. The van der Waals surface area contributed by atoms with Crippen molar-refractivity contribution in [1.82, 2.24) is 5.32 Å². The van der Waals surface area contributed by atoms with Crippen molar-refractivity contribution in [3.05, 3.63) is 54.1 Å². The molecule has 2 aromatic rings. The molecular weight excluding hydrogens is 304 g/mol. The fraction of sp³-hybridized carbons (Fsp3) is 0.316. The number of hydrogen-bond donors (Lipinski definition) is 2. The lowest BCUT2D eigenvalue weighted by molar-refractivity contribution is 0.247. The Hall–Kier alpha value is -2.69. The van der Waals surface area contributed by atoms with Gasteiger partial charge in [0.15, 0.2) is 11.5 Å². The van der Waals surface area contributed by atoms with E-state index in [1.165, 1.54) is 0 Å². The Bertz CT molecular complexity index is 699. The highest BCUT2D eigenvalue weighted by molar-refractivity contribution is 5.90. The number of ether oxygens (including phenoxy) is 2. The second-order valence-electron chi connectivity index (χ2n) is 5.89. The molecule has 0 spiro atoms. The molecule has 24 heavy (non-hydrogen) atoms. The maximum Gasteiger partial charge on any atom is 0.319 e. The number of nitrogens with one attached hydrogen (secondary N) is 2. The first-order valence-corrected chi connectivity index (χ1v) is 8.05. The SMILES string of the molecule is COc1ccc(NC(=O)NC(c2ccccc2)C2CC2)cc1OC. The van der Waals surface area contributed by atoms with Crippen LogP contribution in [0.15, 0.2) is 48.5 Å². The van der Waals surface area contributed by atoms with Crippen LogP contribution in [-0.4, -0.2) is 20.3 Å². The number of carbonyl (C=O) groups excluding carboxylic acids is 1. The zero-order chi connectivity index (χ0) is 16.9. The summed E-state index contributed by atoms with van der Waals surface area (Å²) in [6.07, 6.45) is 2.30. The van der Waals surface area contributed by atoms with Crippen LogP contribution in [-0.2, 0) is 0 Å². The average Bonchev–Trinajstić information content (AvgIpc) is 3.45. The largest absolute Gasteiger partial charge is 0.493 e. The monoisotopic (exact) mass is 326 g/mol. The first kappa shape index (κ1) is 16.2. The highest BCUT2D eigenvalue weighted by Gasteiger charge is 2.33. The van der Waals surface area contributed by atoms with Gasteiger partial charge >= 0.3 is 6.03 Å². The molecule has 0 aromatic heterocycles. The van der Waals surface area contributed by atoms with Crippen molar-refractivity contribution in [3.8, 4) is 11.5 Å². The van der Waals surface area contributed by atoms with E-state index >= 15 is 0 Å². The van der Waals surface area contributed by atoms with Gasteiger partial charge in [0.1, 0.15) is 0 Å². The zero-order valence-electron chi connectivity index (χ0n) is 13.9. The number of amides is 2. The van der Waals surface area contributed by atoms with Gasteiger partial charge in [0.05, 0.1) is 20.3 Å². The minimum absolute atomic E-state index is 0.0475. The Morgan fingerprint density at radius 1 is 1.04 bits per heavy atom. The maximum atomic E-state index is 12.4. The lowest BCUT2D eigenvalue weighted by atomic mass is 10.0. The molecule has 0 heterocycles. The summed E-state index contributed by atoms with van der Waals surface area (Å²) in [4.78, 5) is 12.4. The van der Waals surface area contributed by atoms with Crippen molar-refractivity contribution in [1.29, 1.82) is 0 Å². The Balaban J connectivity index is 1.68. The van der Waals surface area contributed by atoms with Crippen molar-refractivity contribution in [2.75, 3.05) is 19.5 Å². The van der Waals surface area contributed by atoms with Crippen LogP contribution >= 0.6 is 0 Å². The molecule has 1 atom stereocenters. The van der Waals surface area contributed by atoms with Gasteiger partial charge in [0, 0.05) is 11.8 Å². The molecule has 0 saturated heterocycles. The second-order valence-corrected chi connectivity index (χ2v) is 5.89. The maximum absolute atomic E-state index is 12.4. The molecule has 2 N–H and O–H groups in total. The van der Waals surface area contributed by atoms with E-state index in [-0.39, 0.29) is 12.1 Å². The summed E-state index contributed by atoms with van der Waals surface area (Å²) in [5.74, 6) is 1.73. The van der Waals surface area contributed by atoms with Gasteiger partial charge in [-0.25, -0.2) is 4.79 Å². The van der Waals surface area contributed by atoms with E-state index in [0.717, 1.165) is 18.4 Å². The molecule has 126 valence electrons. The van der Waals surface area contributed by atoms with Crippen LogP contribution in [0.5, 0.6) is 11.5 Å². The topological polar surface area (TPSA) is 59.6 Å². The van der Waals surface area contributed by atoms with Gasteiger partial charge in [-0.2, -0.15) is 0 Å². The van der Waals surface area contributed by atoms with Crippen LogP contribution in [0, 0.1) is 5.92 Å². The van der Waals surface area contributed by atoms with Gasteiger partial charge < -0.3 is 20.1 Å². The number of rotatable bonds is 6. The van der Waals surface area contributed by atoms with Crippen LogP contribution in [0.25, 0.3) is 0 Å². The average molecular weight is 326 g/mol. The van der Waals surface area contributed by atoms with Gasteiger partial charge in [-0.15, -0.1) is 0 Å². The minimum atomic E-state index is -0.219. The molecule has 0 aliphatic heterocycles. The quantitative estimate of drug-likeness (QED) is 0.844. The molecular formula is C19H22N2O3. The van der Waals surface area contributed by atoms with Crippen LogP contribution in [0.4, 0.5) is 10.5 Å². The molecule has 1 aliphatic carbocycles. The number of methoxy groups -OCH3 is 2. The summed E-state index contributed by atoms with van der Waals surface area (Å²) in [7, 11) is 3.15. The summed E-state index contributed by atoms with van der Waals surface area (Å²) < 4.78 is 10.5. The van der Waals surface area contributed by atoms with Gasteiger partial charge in [-0.05, 0) is 36.5 Å². The normalized spacial score (nSPS) is 14.6. The molecule has 3 rings (SSSR count). The molecule has 5 nitrogen and oxygen atoms in total. The number of hydrogen-bond acceptors (Lipinski definition) is 3. The molecule has 1 fully saturated rings. The van der Waals surface area contributed by atoms with Crippen LogP contribution in [0.3, 0.4) is 0 Å². The smallest absolute Gasteiger partial charge is 0.319 e. The van der Waals surface area contributed by atoms with Gasteiger partial charge in [0.2, 0.25) is 0 Å². The molecule has 5 heteroatoms. The summed E-state index contributed by atoms with van der Waals surface area (Å²) >= 11 is 0. The van der Waals surface area contributed by atoms with Gasteiger partial charge in [-0.3, -0.25) is 0 Å². The lowest BCUT2D eigenvalue weighted by Crippen LogP contribution is -2.33. The summed E-state index contributed by atoms with van der Waals surface area (Å²) in [5.41, 5.74) is 1.80. The Labute approximate surface area is 142 Å². The predicted molar refractivity (Wildman–Crippen MR) is 93.6 cm³/mol. The zero-order valence-corrected chi connectivity index (χ0v) is 13.9. The standard InChI is InChI=1S/C19H22N2O3/c1-23-16-11-10-15(12-17(16)24-2)20-19(22)21-18(14-8-9-14)13-6-4-3-5-7-13/h3-7,10-12,14,18H,8-9H2,1-2H3,(H2,20,21,22). The third-order valence-electron chi connectivity index (χ3n) is 4.18. The van der Waals surface area contributed by atoms with Crippen LogP contribution < -0.4 is 20.1 Å². The number of anilines is 1. The Morgan fingerprint density at radius 3 is 2.38 bits per heavy atom. The summed E-state index contributed by atoms with van der Waals surface area (Å²) in [6.45, 7) is 0. The van der Waals surface area contributed by atoms with Gasteiger partial charge in [-0.1, -0.05) is 30.3 Å². The van der Waals surface area contributed by atoms with Crippen LogP contribution in [0.2, 0.25) is 0 Å². The minimum Gasteiger partial charge on any atom is -0.493 e. The van der Waals surface area contributed by atoms with Crippen molar-refractivity contribution in [2.24, 2.45) is 5.92 Å². The molecule has 0 bridgehead atoms. The van der Waals surface area contributed by atoms with E-state index in [9.17, 15) is 4.79 Å². The van der Waals surface area contributed by atoms with Crippen molar-refractivity contribution in [2.45, 2.75) is 18.9 Å². The molecule has 1 unspecified atom stereocenters. The first-order chi connectivity index (χ1) is 11.7. The highest BCUT2D eigenvalue weighted by Crippen LogP contribution is 2.41. The molecule has 2 aromatic carbocycles. The van der Waals surface area contributed by atoms with E-state index < -0.39 is 0 Å². The fourth-order valence-electron chi connectivity index (χ4n) is 2.79. The molecule has 1 aliphatic rings. The van der Waals surface area contributed by atoms with E-state index in [4.69, 9.17) is 9.47 Å². The number of benzene rings is 2. The van der Waals surface area contributed by atoms with E-state index in [1.807, 2.05) is 18.2 Å². The Kier molecular flexibility index (Phi) is 4.89. The van der Waals surface area contributed by atoms with E-state index in [1.54, 1.807) is 32.4 Å². The van der Waals surface area contributed by atoms with Crippen molar-refractivity contribution < 1.29 is 14.3 Å². The van der Waals surface area contributed by atoms with Crippen LogP contribution in [0.1, 0.15) is 24.4 Å².